The molecule has 0 spiro atoms. The highest BCUT2D eigenvalue weighted by Crippen LogP contribution is 2.26. The average molecular weight is 297 g/mol. The lowest BCUT2D eigenvalue weighted by atomic mass is 9.98. The average Bonchev–Trinajstić information content (AvgIpc) is 2.85. The van der Waals surface area contributed by atoms with Gasteiger partial charge in [0.05, 0.1) is 6.42 Å². The minimum absolute atomic E-state index is 0.0116. The van der Waals surface area contributed by atoms with Crippen molar-refractivity contribution in [2.45, 2.75) is 70.0 Å². The summed E-state index contributed by atoms with van der Waals surface area (Å²) in [5.74, 6) is -0.868. The topological polar surface area (TPSA) is 81.7 Å². The largest absolute Gasteiger partial charge is 0.481 e. The number of carbonyl (C=O) groups is 2. The minimum Gasteiger partial charge on any atom is -0.481 e. The quantitative estimate of drug-likeness (QED) is 0.695. The molecule has 2 saturated heterocycles. The highest BCUT2D eigenvalue weighted by Gasteiger charge is 2.32. The maximum absolute atomic E-state index is 12.0. The predicted molar refractivity (Wildman–Crippen MR) is 80.2 cm³/mol. The third-order valence-electron chi connectivity index (χ3n) is 4.55. The van der Waals surface area contributed by atoms with Crippen LogP contribution in [0.3, 0.4) is 0 Å². The van der Waals surface area contributed by atoms with E-state index in [1.54, 1.807) is 0 Å². The number of nitrogens with zero attached hydrogens (tertiary/aromatic N) is 1. The van der Waals surface area contributed by atoms with Crippen molar-refractivity contribution >= 4 is 12.0 Å². The van der Waals surface area contributed by atoms with E-state index in [4.69, 9.17) is 5.11 Å². The van der Waals surface area contributed by atoms with Crippen molar-refractivity contribution in [2.24, 2.45) is 0 Å². The molecule has 2 fully saturated rings. The Morgan fingerprint density at radius 2 is 2.14 bits per heavy atom. The first kappa shape index (κ1) is 16.1. The number of aliphatic carboxylic acids is 1. The van der Waals surface area contributed by atoms with Gasteiger partial charge in [-0.1, -0.05) is 13.3 Å². The Bertz CT molecular complexity index is 375. The normalized spacial score (nSPS) is 26.9. The zero-order valence-corrected chi connectivity index (χ0v) is 12.8. The second-order valence-corrected chi connectivity index (χ2v) is 6.25. The molecule has 6 heteroatoms. The summed E-state index contributed by atoms with van der Waals surface area (Å²) in [4.78, 5) is 25.4. The molecule has 3 unspecified atom stereocenters. The Hall–Kier alpha value is -1.30. The number of urea groups is 1. The molecule has 3 atom stereocenters. The fraction of sp³-hybridized carbons (Fsp3) is 0.867. The Labute approximate surface area is 126 Å². The van der Waals surface area contributed by atoms with Gasteiger partial charge in [0.15, 0.2) is 0 Å². The molecule has 0 aromatic carbocycles. The molecule has 2 heterocycles. The van der Waals surface area contributed by atoms with Crippen molar-refractivity contribution < 1.29 is 14.7 Å². The second kappa shape index (κ2) is 7.64. The number of piperidine rings is 1. The van der Waals surface area contributed by atoms with E-state index < -0.39 is 5.97 Å². The molecule has 0 radical (unpaired) electrons. The molecule has 0 aromatic heterocycles. The van der Waals surface area contributed by atoms with Gasteiger partial charge < -0.3 is 20.6 Å². The Morgan fingerprint density at radius 3 is 2.86 bits per heavy atom. The van der Waals surface area contributed by atoms with Crippen molar-refractivity contribution in [1.82, 2.24) is 15.5 Å². The number of fused-ring (bicyclic) bond motifs is 1. The van der Waals surface area contributed by atoms with Gasteiger partial charge in [-0.25, -0.2) is 4.79 Å². The maximum Gasteiger partial charge on any atom is 0.315 e. The molecule has 2 aliphatic heterocycles. The fourth-order valence-electron chi connectivity index (χ4n) is 3.55. The van der Waals surface area contributed by atoms with Gasteiger partial charge in [-0.2, -0.15) is 0 Å². The number of hydrogen-bond acceptors (Lipinski definition) is 3. The van der Waals surface area contributed by atoms with E-state index >= 15 is 0 Å². The molecule has 2 amide bonds. The molecule has 2 aliphatic rings. The Morgan fingerprint density at radius 1 is 1.33 bits per heavy atom. The SMILES string of the molecule is CCCC(CC(=O)O)NC(=O)NC1CCN2CCCC2C1. The lowest BCUT2D eigenvalue weighted by Crippen LogP contribution is -2.51. The van der Waals surface area contributed by atoms with Gasteiger partial charge in [-0.15, -0.1) is 0 Å². The molecular formula is C15H27N3O3. The van der Waals surface area contributed by atoms with Crippen LogP contribution in [0.1, 0.15) is 51.9 Å². The zero-order valence-electron chi connectivity index (χ0n) is 12.8. The van der Waals surface area contributed by atoms with Crippen molar-refractivity contribution in [3.05, 3.63) is 0 Å². The van der Waals surface area contributed by atoms with Crippen LogP contribution in [0.25, 0.3) is 0 Å². The van der Waals surface area contributed by atoms with E-state index in [2.05, 4.69) is 15.5 Å². The summed E-state index contributed by atoms with van der Waals surface area (Å²) in [5.41, 5.74) is 0. The molecule has 120 valence electrons. The van der Waals surface area contributed by atoms with Gasteiger partial charge in [0.2, 0.25) is 0 Å². The van der Waals surface area contributed by atoms with Crippen LogP contribution in [0.5, 0.6) is 0 Å². The summed E-state index contributed by atoms with van der Waals surface area (Å²) in [6.07, 6.45) is 6.05. The first-order chi connectivity index (χ1) is 10.1. The summed E-state index contributed by atoms with van der Waals surface area (Å²) >= 11 is 0. The van der Waals surface area contributed by atoms with Crippen LogP contribution in [0.15, 0.2) is 0 Å². The third-order valence-corrected chi connectivity index (χ3v) is 4.55. The van der Waals surface area contributed by atoms with Gasteiger partial charge in [0.1, 0.15) is 0 Å². The van der Waals surface area contributed by atoms with Crippen LogP contribution >= 0.6 is 0 Å². The van der Waals surface area contributed by atoms with Crippen molar-refractivity contribution in [3.8, 4) is 0 Å². The number of carboxylic acids is 1. The monoisotopic (exact) mass is 297 g/mol. The van der Waals surface area contributed by atoms with Crippen LogP contribution in [0, 0.1) is 0 Å². The van der Waals surface area contributed by atoms with Gasteiger partial charge in [-0.3, -0.25) is 4.79 Å². The summed E-state index contributed by atoms with van der Waals surface area (Å²) in [7, 11) is 0. The molecular weight excluding hydrogens is 270 g/mol. The number of nitrogens with one attached hydrogen (secondary N) is 2. The number of carboxylic acid groups (broad SMARTS) is 1. The lowest BCUT2D eigenvalue weighted by molar-refractivity contribution is -0.137. The standard InChI is InChI=1S/C15H27N3O3/c1-2-4-11(10-14(19)20)16-15(21)17-12-6-8-18-7-3-5-13(18)9-12/h11-13H,2-10H2,1H3,(H,19,20)(H2,16,17,21). The van der Waals surface area contributed by atoms with E-state index in [1.165, 1.54) is 19.4 Å². The van der Waals surface area contributed by atoms with Crippen LogP contribution in [0.2, 0.25) is 0 Å². The maximum atomic E-state index is 12.0. The number of amides is 2. The van der Waals surface area contributed by atoms with Crippen LogP contribution in [-0.2, 0) is 4.79 Å². The molecule has 3 N–H and O–H groups in total. The predicted octanol–water partition coefficient (Wildman–Crippen LogP) is 1.56. The van der Waals surface area contributed by atoms with Gasteiger partial charge in [0.25, 0.3) is 0 Å². The minimum atomic E-state index is -0.868. The van der Waals surface area contributed by atoms with E-state index in [-0.39, 0.29) is 24.5 Å². The van der Waals surface area contributed by atoms with Crippen LogP contribution in [-0.4, -0.2) is 53.2 Å². The Kier molecular flexibility index (Phi) is 5.85. The molecule has 0 bridgehead atoms. The second-order valence-electron chi connectivity index (χ2n) is 6.25. The van der Waals surface area contributed by atoms with Crippen molar-refractivity contribution in [2.75, 3.05) is 13.1 Å². The summed E-state index contributed by atoms with van der Waals surface area (Å²) in [6.45, 7) is 4.24. The highest BCUT2D eigenvalue weighted by molar-refractivity contribution is 5.76. The van der Waals surface area contributed by atoms with E-state index in [0.717, 1.165) is 25.8 Å². The molecule has 6 nitrogen and oxygen atoms in total. The smallest absolute Gasteiger partial charge is 0.315 e. The summed E-state index contributed by atoms with van der Waals surface area (Å²) < 4.78 is 0. The molecule has 0 saturated carbocycles. The Balaban J connectivity index is 1.76. The summed E-state index contributed by atoms with van der Waals surface area (Å²) in [6, 6.07) is 0.344. The first-order valence-corrected chi connectivity index (χ1v) is 8.11. The number of rotatable bonds is 6. The van der Waals surface area contributed by atoms with Crippen molar-refractivity contribution in [1.29, 1.82) is 0 Å². The van der Waals surface area contributed by atoms with Crippen LogP contribution < -0.4 is 10.6 Å². The van der Waals surface area contributed by atoms with Gasteiger partial charge in [0, 0.05) is 24.7 Å². The van der Waals surface area contributed by atoms with Crippen molar-refractivity contribution in [3.63, 3.8) is 0 Å². The number of hydrogen-bond donors (Lipinski definition) is 3. The van der Waals surface area contributed by atoms with E-state index in [9.17, 15) is 9.59 Å². The van der Waals surface area contributed by atoms with Gasteiger partial charge in [-0.05, 0) is 38.6 Å². The van der Waals surface area contributed by atoms with Gasteiger partial charge >= 0.3 is 12.0 Å². The third kappa shape index (κ3) is 4.88. The fourth-order valence-corrected chi connectivity index (χ4v) is 3.55. The molecule has 21 heavy (non-hydrogen) atoms. The van der Waals surface area contributed by atoms with E-state index in [1.807, 2.05) is 6.92 Å². The first-order valence-electron chi connectivity index (χ1n) is 8.11. The highest BCUT2D eigenvalue weighted by atomic mass is 16.4. The zero-order chi connectivity index (χ0) is 15.2. The number of carbonyl (C=O) groups excluding carboxylic acids is 1. The van der Waals surface area contributed by atoms with Crippen LogP contribution in [0.4, 0.5) is 4.79 Å². The molecule has 0 aliphatic carbocycles. The lowest BCUT2D eigenvalue weighted by Gasteiger charge is -2.35. The molecule has 2 rings (SSSR count). The van der Waals surface area contributed by atoms with E-state index in [0.29, 0.717) is 12.5 Å². The summed E-state index contributed by atoms with van der Waals surface area (Å²) in [5, 5.41) is 14.7. The molecule has 0 aromatic rings.